The highest BCUT2D eigenvalue weighted by Gasteiger charge is 2.37. The highest BCUT2D eigenvalue weighted by molar-refractivity contribution is 9.09. The largest absolute Gasteiger partial charge is 0.344 e. The van der Waals surface area contributed by atoms with E-state index in [9.17, 15) is 4.79 Å². The third-order valence-corrected chi connectivity index (χ3v) is 4.85. The summed E-state index contributed by atoms with van der Waals surface area (Å²) < 4.78 is 0. The van der Waals surface area contributed by atoms with Crippen LogP contribution in [-0.4, -0.2) is 21.8 Å². The minimum absolute atomic E-state index is 0.0651. The number of benzene rings is 1. The summed E-state index contributed by atoms with van der Waals surface area (Å²) in [5, 5.41) is 4.97. The number of para-hydroxylation sites is 1. The van der Waals surface area contributed by atoms with Crippen molar-refractivity contribution in [3.05, 3.63) is 42.1 Å². The molecule has 1 saturated carbocycles. The minimum Gasteiger partial charge on any atom is -0.344 e. The van der Waals surface area contributed by atoms with Gasteiger partial charge in [-0.2, -0.15) is 0 Å². The fourth-order valence-electron chi connectivity index (χ4n) is 2.39. The van der Waals surface area contributed by atoms with Gasteiger partial charge in [-0.3, -0.25) is 4.79 Å². The average Bonchev–Trinajstić information content (AvgIpc) is 2.42. The first-order valence-electron chi connectivity index (χ1n) is 6.47. The van der Waals surface area contributed by atoms with Gasteiger partial charge in [0.05, 0.1) is 11.1 Å². The zero-order valence-electron chi connectivity index (χ0n) is 10.5. The van der Waals surface area contributed by atoms with Crippen molar-refractivity contribution in [3.63, 3.8) is 0 Å². The molecule has 4 heteroatoms. The summed E-state index contributed by atoms with van der Waals surface area (Å²) in [7, 11) is 0. The van der Waals surface area contributed by atoms with Gasteiger partial charge in [0.1, 0.15) is 5.69 Å². The van der Waals surface area contributed by atoms with Crippen molar-refractivity contribution in [1.82, 2.24) is 10.3 Å². The lowest BCUT2D eigenvalue weighted by Crippen LogP contribution is -2.55. The second kappa shape index (κ2) is 4.93. The molecule has 0 spiro atoms. The van der Waals surface area contributed by atoms with Crippen molar-refractivity contribution >= 4 is 32.7 Å². The normalized spacial score (nSPS) is 16.9. The Hall–Kier alpha value is -1.42. The van der Waals surface area contributed by atoms with E-state index in [2.05, 4.69) is 26.2 Å². The van der Waals surface area contributed by atoms with E-state index in [0.29, 0.717) is 5.69 Å². The van der Waals surface area contributed by atoms with E-state index in [1.807, 2.05) is 30.3 Å². The smallest absolute Gasteiger partial charge is 0.270 e. The van der Waals surface area contributed by atoms with Gasteiger partial charge >= 0.3 is 0 Å². The highest BCUT2D eigenvalue weighted by atomic mass is 79.9. The lowest BCUT2D eigenvalue weighted by atomic mass is 9.78. The lowest BCUT2D eigenvalue weighted by molar-refractivity contribution is 0.0851. The number of halogens is 1. The molecule has 1 amide bonds. The van der Waals surface area contributed by atoms with Gasteiger partial charge in [0.15, 0.2) is 0 Å². The number of alkyl halides is 1. The van der Waals surface area contributed by atoms with Crippen LogP contribution in [0.4, 0.5) is 0 Å². The molecule has 1 heterocycles. The average molecular weight is 319 g/mol. The minimum atomic E-state index is -0.0788. The Morgan fingerprint density at radius 2 is 2.05 bits per heavy atom. The number of carbonyl (C=O) groups is 1. The van der Waals surface area contributed by atoms with Gasteiger partial charge in [-0.1, -0.05) is 40.2 Å². The molecule has 0 unspecified atom stereocenters. The second-order valence-electron chi connectivity index (χ2n) is 5.11. The zero-order chi connectivity index (χ0) is 13.3. The van der Waals surface area contributed by atoms with E-state index in [-0.39, 0.29) is 11.4 Å². The first-order valence-corrected chi connectivity index (χ1v) is 7.59. The SMILES string of the molecule is O=C(NC1(CBr)CCC1)c1ccc2ccccc2n1. The van der Waals surface area contributed by atoms with Gasteiger partial charge in [-0.05, 0) is 31.4 Å². The van der Waals surface area contributed by atoms with Crippen molar-refractivity contribution in [3.8, 4) is 0 Å². The fraction of sp³-hybridized carbons (Fsp3) is 0.333. The van der Waals surface area contributed by atoms with Crippen molar-refractivity contribution in [1.29, 1.82) is 0 Å². The molecular weight excluding hydrogens is 304 g/mol. The fourth-order valence-corrected chi connectivity index (χ4v) is 3.09. The van der Waals surface area contributed by atoms with Crippen molar-refractivity contribution in [2.45, 2.75) is 24.8 Å². The number of nitrogens with one attached hydrogen (secondary N) is 1. The van der Waals surface area contributed by atoms with Crippen LogP contribution in [0.2, 0.25) is 0 Å². The highest BCUT2D eigenvalue weighted by Crippen LogP contribution is 2.33. The Morgan fingerprint density at radius 1 is 1.26 bits per heavy atom. The molecule has 0 saturated heterocycles. The Kier molecular flexibility index (Phi) is 3.27. The molecule has 1 aromatic carbocycles. The van der Waals surface area contributed by atoms with E-state index in [0.717, 1.165) is 29.1 Å². The third kappa shape index (κ3) is 2.37. The van der Waals surface area contributed by atoms with Crippen molar-refractivity contribution < 1.29 is 4.79 Å². The zero-order valence-corrected chi connectivity index (χ0v) is 12.1. The number of amides is 1. The summed E-state index contributed by atoms with van der Waals surface area (Å²) in [5.41, 5.74) is 1.28. The van der Waals surface area contributed by atoms with Gasteiger partial charge < -0.3 is 5.32 Å². The van der Waals surface area contributed by atoms with Gasteiger partial charge in [0, 0.05) is 10.7 Å². The summed E-state index contributed by atoms with van der Waals surface area (Å²) >= 11 is 3.49. The van der Waals surface area contributed by atoms with Crippen LogP contribution >= 0.6 is 15.9 Å². The van der Waals surface area contributed by atoms with Crippen LogP contribution in [-0.2, 0) is 0 Å². The van der Waals surface area contributed by atoms with Gasteiger partial charge in [0.25, 0.3) is 5.91 Å². The number of hydrogen-bond donors (Lipinski definition) is 1. The third-order valence-electron chi connectivity index (χ3n) is 3.78. The summed E-state index contributed by atoms with van der Waals surface area (Å²) in [5.74, 6) is -0.0788. The standard InChI is InChI=1S/C15H15BrN2O/c16-10-15(8-3-9-15)18-14(19)13-7-6-11-4-1-2-5-12(11)17-13/h1-2,4-7H,3,8-10H2,(H,18,19). The van der Waals surface area contributed by atoms with E-state index >= 15 is 0 Å². The number of rotatable bonds is 3. The molecule has 19 heavy (non-hydrogen) atoms. The number of aromatic nitrogens is 1. The van der Waals surface area contributed by atoms with Crippen LogP contribution < -0.4 is 5.32 Å². The maximum Gasteiger partial charge on any atom is 0.270 e. The Bertz CT molecular complexity index is 617. The van der Waals surface area contributed by atoms with Gasteiger partial charge in [-0.25, -0.2) is 4.98 Å². The molecule has 0 bridgehead atoms. The van der Waals surface area contributed by atoms with Crippen LogP contribution in [0.5, 0.6) is 0 Å². The Balaban J connectivity index is 1.85. The van der Waals surface area contributed by atoms with E-state index in [1.165, 1.54) is 6.42 Å². The van der Waals surface area contributed by atoms with Crippen LogP contribution in [0.1, 0.15) is 29.8 Å². The van der Waals surface area contributed by atoms with Crippen LogP contribution in [0, 0.1) is 0 Å². The molecule has 98 valence electrons. The molecule has 0 atom stereocenters. The molecule has 1 fully saturated rings. The summed E-state index contributed by atoms with van der Waals surface area (Å²) in [4.78, 5) is 16.7. The Labute approximate surface area is 120 Å². The van der Waals surface area contributed by atoms with Gasteiger partial charge in [-0.15, -0.1) is 0 Å². The predicted molar refractivity (Wildman–Crippen MR) is 79.6 cm³/mol. The Morgan fingerprint density at radius 3 is 2.74 bits per heavy atom. The van der Waals surface area contributed by atoms with Crippen molar-refractivity contribution in [2.24, 2.45) is 0 Å². The molecule has 2 aromatic rings. The molecule has 0 aliphatic heterocycles. The summed E-state index contributed by atoms with van der Waals surface area (Å²) in [6.07, 6.45) is 3.26. The van der Waals surface area contributed by atoms with Gasteiger partial charge in [0.2, 0.25) is 0 Å². The topological polar surface area (TPSA) is 42.0 Å². The second-order valence-corrected chi connectivity index (χ2v) is 5.67. The van der Waals surface area contributed by atoms with Crippen LogP contribution in [0.25, 0.3) is 10.9 Å². The molecular formula is C15H15BrN2O. The molecule has 1 aliphatic rings. The summed E-state index contributed by atoms with van der Waals surface area (Å²) in [6.45, 7) is 0. The maximum absolute atomic E-state index is 12.3. The number of carbonyl (C=O) groups excluding carboxylic acids is 1. The quantitative estimate of drug-likeness (QED) is 0.882. The molecule has 3 nitrogen and oxygen atoms in total. The number of hydrogen-bond acceptors (Lipinski definition) is 2. The molecule has 1 aliphatic carbocycles. The van der Waals surface area contributed by atoms with E-state index in [1.54, 1.807) is 6.07 Å². The van der Waals surface area contributed by atoms with Crippen LogP contribution in [0.3, 0.4) is 0 Å². The number of nitrogens with zero attached hydrogens (tertiary/aromatic N) is 1. The first kappa shape index (κ1) is 12.6. The molecule has 1 aromatic heterocycles. The number of fused-ring (bicyclic) bond motifs is 1. The summed E-state index contributed by atoms with van der Waals surface area (Å²) in [6, 6.07) is 11.6. The van der Waals surface area contributed by atoms with E-state index in [4.69, 9.17) is 0 Å². The molecule has 1 N–H and O–H groups in total. The number of pyridine rings is 1. The predicted octanol–water partition coefficient (Wildman–Crippen LogP) is 3.28. The van der Waals surface area contributed by atoms with Crippen molar-refractivity contribution in [2.75, 3.05) is 5.33 Å². The monoisotopic (exact) mass is 318 g/mol. The molecule has 0 radical (unpaired) electrons. The van der Waals surface area contributed by atoms with Crippen LogP contribution in [0.15, 0.2) is 36.4 Å². The van der Waals surface area contributed by atoms with E-state index < -0.39 is 0 Å². The maximum atomic E-state index is 12.3. The lowest BCUT2D eigenvalue weighted by Gasteiger charge is -2.41. The first-order chi connectivity index (χ1) is 9.22. The molecule has 3 rings (SSSR count).